The number of furan rings is 1. The van der Waals surface area contributed by atoms with Crippen molar-refractivity contribution in [3.63, 3.8) is 0 Å². The number of nitrogens with one attached hydrogen (secondary N) is 1. The van der Waals surface area contributed by atoms with Crippen molar-refractivity contribution in [2.24, 2.45) is 0 Å². The summed E-state index contributed by atoms with van der Waals surface area (Å²) in [7, 11) is 0. The van der Waals surface area contributed by atoms with E-state index in [1.54, 1.807) is 0 Å². The van der Waals surface area contributed by atoms with Crippen molar-refractivity contribution in [2.75, 3.05) is 38.2 Å². The van der Waals surface area contributed by atoms with E-state index in [0.29, 0.717) is 25.7 Å². The number of nitro groups is 1. The molecule has 0 aliphatic carbocycles. The van der Waals surface area contributed by atoms with Gasteiger partial charge in [-0.05, 0) is 18.2 Å². The first kappa shape index (κ1) is 18.1. The Labute approximate surface area is 159 Å². The number of imidazole rings is 1. The molecule has 1 N–H and O–H groups in total. The quantitative estimate of drug-likeness (QED) is 0.510. The molecule has 0 saturated carbocycles. The number of para-hydroxylation sites is 2. The average molecular weight is 385 g/mol. The Morgan fingerprint density at radius 3 is 2.71 bits per heavy atom. The molecule has 3 heterocycles. The fraction of sp³-hybridized carbons (Fsp3) is 0.333. The van der Waals surface area contributed by atoms with Gasteiger partial charge in [-0.25, -0.2) is 4.98 Å². The van der Waals surface area contributed by atoms with Crippen molar-refractivity contribution < 1.29 is 18.9 Å². The molecule has 3 aromatic rings. The summed E-state index contributed by atoms with van der Waals surface area (Å²) in [4.78, 5) is 29.3. The third kappa shape index (κ3) is 3.73. The summed E-state index contributed by atoms with van der Waals surface area (Å²) in [5, 5.41) is 13.5. The molecule has 0 spiro atoms. The summed E-state index contributed by atoms with van der Waals surface area (Å²) in [5.74, 6) is -0.834. The number of nitrogens with zero attached hydrogens (tertiary/aromatic N) is 4. The maximum Gasteiger partial charge on any atom is 0.433 e. The molecular weight excluding hydrogens is 366 g/mol. The zero-order valence-electron chi connectivity index (χ0n) is 15.0. The summed E-state index contributed by atoms with van der Waals surface area (Å²) in [6.45, 7) is 4.58. The number of anilines is 1. The van der Waals surface area contributed by atoms with E-state index < -0.39 is 16.7 Å². The van der Waals surface area contributed by atoms with Gasteiger partial charge in [0.2, 0.25) is 5.95 Å². The molecule has 0 bridgehead atoms. The Kier molecular flexibility index (Phi) is 5.04. The van der Waals surface area contributed by atoms with Crippen LogP contribution in [-0.2, 0) is 11.3 Å². The minimum absolute atomic E-state index is 0.140. The van der Waals surface area contributed by atoms with Crippen LogP contribution in [0.3, 0.4) is 0 Å². The van der Waals surface area contributed by atoms with Gasteiger partial charge in [0, 0.05) is 26.2 Å². The van der Waals surface area contributed by atoms with Crippen LogP contribution in [0.5, 0.6) is 0 Å². The van der Waals surface area contributed by atoms with Crippen molar-refractivity contribution in [3.8, 4) is 0 Å². The molecule has 1 fully saturated rings. The molecular formula is C18H19N5O5. The normalized spacial score (nSPS) is 15.0. The number of carbonyl (C=O) groups excluding carboxylic acids is 1. The molecule has 2 aromatic heterocycles. The molecule has 1 aromatic carbocycles. The monoisotopic (exact) mass is 385 g/mol. The second-order valence-corrected chi connectivity index (χ2v) is 6.38. The van der Waals surface area contributed by atoms with Crippen LogP contribution < -0.4 is 5.32 Å². The molecule has 28 heavy (non-hydrogen) atoms. The number of rotatable bonds is 6. The summed E-state index contributed by atoms with van der Waals surface area (Å²) < 4.78 is 12.3. The van der Waals surface area contributed by atoms with Gasteiger partial charge in [0.25, 0.3) is 5.91 Å². The van der Waals surface area contributed by atoms with E-state index >= 15 is 0 Å². The van der Waals surface area contributed by atoms with Crippen molar-refractivity contribution in [3.05, 3.63) is 52.3 Å². The Hall–Kier alpha value is -3.24. The van der Waals surface area contributed by atoms with Crippen LogP contribution in [0.1, 0.15) is 10.6 Å². The number of benzene rings is 1. The molecule has 1 aliphatic rings. The second kappa shape index (κ2) is 7.79. The van der Waals surface area contributed by atoms with E-state index in [1.807, 2.05) is 28.8 Å². The van der Waals surface area contributed by atoms with Gasteiger partial charge in [-0.2, -0.15) is 0 Å². The van der Waals surface area contributed by atoms with Gasteiger partial charge >= 0.3 is 5.88 Å². The topological polar surface area (TPSA) is 116 Å². The third-order valence-corrected chi connectivity index (χ3v) is 4.62. The van der Waals surface area contributed by atoms with Gasteiger partial charge in [-0.15, -0.1) is 0 Å². The third-order valence-electron chi connectivity index (χ3n) is 4.62. The highest BCUT2D eigenvalue weighted by Gasteiger charge is 2.20. The summed E-state index contributed by atoms with van der Waals surface area (Å²) >= 11 is 0. The second-order valence-electron chi connectivity index (χ2n) is 6.38. The van der Waals surface area contributed by atoms with Crippen LogP contribution >= 0.6 is 0 Å². The lowest BCUT2D eigenvalue weighted by atomic mass is 10.3. The van der Waals surface area contributed by atoms with Crippen molar-refractivity contribution in [2.45, 2.75) is 6.54 Å². The van der Waals surface area contributed by atoms with Crippen LogP contribution in [0, 0.1) is 10.1 Å². The summed E-state index contributed by atoms with van der Waals surface area (Å²) in [6, 6.07) is 10.0. The number of fused-ring (bicyclic) bond motifs is 1. The molecule has 0 radical (unpaired) electrons. The lowest BCUT2D eigenvalue weighted by molar-refractivity contribution is -0.402. The zero-order chi connectivity index (χ0) is 19.5. The molecule has 1 saturated heterocycles. The lowest BCUT2D eigenvalue weighted by Crippen LogP contribution is -2.38. The summed E-state index contributed by atoms with van der Waals surface area (Å²) in [5.41, 5.74) is 1.65. The molecule has 10 nitrogen and oxygen atoms in total. The fourth-order valence-corrected chi connectivity index (χ4v) is 3.17. The molecule has 4 rings (SSSR count). The first-order valence-corrected chi connectivity index (χ1v) is 8.93. The minimum atomic E-state index is -0.686. The number of hydrogen-bond acceptors (Lipinski definition) is 7. The van der Waals surface area contributed by atoms with Gasteiger partial charge in [0.15, 0.2) is 5.76 Å². The Morgan fingerprint density at radius 2 is 1.96 bits per heavy atom. The van der Waals surface area contributed by atoms with Crippen molar-refractivity contribution >= 4 is 28.8 Å². The maximum absolute atomic E-state index is 12.5. The van der Waals surface area contributed by atoms with E-state index in [2.05, 4.69) is 15.2 Å². The average Bonchev–Trinajstić information content (AvgIpc) is 3.32. The Balaban J connectivity index is 1.56. The van der Waals surface area contributed by atoms with Crippen LogP contribution in [0.2, 0.25) is 0 Å². The number of hydrogen-bond donors (Lipinski definition) is 1. The Morgan fingerprint density at radius 1 is 1.18 bits per heavy atom. The van der Waals surface area contributed by atoms with Crippen LogP contribution in [0.25, 0.3) is 11.0 Å². The smallest absolute Gasteiger partial charge is 0.395 e. The van der Waals surface area contributed by atoms with Crippen LogP contribution in [0.15, 0.2) is 40.8 Å². The number of ether oxygens (including phenoxy) is 1. The standard InChI is InChI=1S/C18H19N5O5/c24-17(15-5-6-16(28-15)23(25)26)20-18-19-13-3-1-2-4-14(13)22(18)8-7-21-9-11-27-12-10-21/h1-6H,7-12H2,(H,19,20,24). The molecule has 146 valence electrons. The van der Waals surface area contributed by atoms with E-state index in [-0.39, 0.29) is 5.76 Å². The number of aromatic nitrogens is 2. The maximum atomic E-state index is 12.5. The van der Waals surface area contributed by atoms with E-state index in [9.17, 15) is 14.9 Å². The first-order chi connectivity index (χ1) is 13.6. The van der Waals surface area contributed by atoms with E-state index in [1.165, 1.54) is 6.07 Å². The first-order valence-electron chi connectivity index (χ1n) is 8.93. The molecule has 1 aliphatic heterocycles. The number of amides is 1. The van der Waals surface area contributed by atoms with Gasteiger partial charge in [-0.3, -0.25) is 25.1 Å². The molecule has 0 unspecified atom stereocenters. The van der Waals surface area contributed by atoms with E-state index in [0.717, 1.165) is 36.7 Å². The lowest BCUT2D eigenvalue weighted by Gasteiger charge is -2.26. The van der Waals surface area contributed by atoms with Crippen molar-refractivity contribution in [1.29, 1.82) is 0 Å². The largest absolute Gasteiger partial charge is 0.433 e. The molecule has 1 amide bonds. The van der Waals surface area contributed by atoms with Crippen LogP contribution in [0.4, 0.5) is 11.8 Å². The predicted octanol–water partition coefficient (Wildman–Crippen LogP) is 2.12. The molecule has 0 atom stereocenters. The fourth-order valence-electron chi connectivity index (χ4n) is 3.17. The van der Waals surface area contributed by atoms with Crippen LogP contribution in [-0.4, -0.2) is 58.1 Å². The van der Waals surface area contributed by atoms with Gasteiger partial charge in [0.1, 0.15) is 4.92 Å². The van der Waals surface area contributed by atoms with Gasteiger partial charge in [0.05, 0.1) is 30.3 Å². The van der Waals surface area contributed by atoms with E-state index in [4.69, 9.17) is 9.15 Å². The Bertz CT molecular complexity index is 1000. The number of morpholine rings is 1. The SMILES string of the molecule is O=C(Nc1nc2ccccc2n1CCN1CCOCC1)c1ccc([N+](=O)[O-])o1. The summed E-state index contributed by atoms with van der Waals surface area (Å²) in [6.07, 6.45) is 0. The highest BCUT2D eigenvalue weighted by Crippen LogP contribution is 2.22. The highest BCUT2D eigenvalue weighted by molar-refractivity contribution is 6.02. The highest BCUT2D eigenvalue weighted by atomic mass is 16.6. The predicted molar refractivity (Wildman–Crippen MR) is 100 cm³/mol. The van der Waals surface area contributed by atoms with Crippen molar-refractivity contribution in [1.82, 2.24) is 14.5 Å². The van der Waals surface area contributed by atoms with Gasteiger partial charge in [-0.1, -0.05) is 12.1 Å². The number of carbonyl (C=O) groups is 1. The minimum Gasteiger partial charge on any atom is -0.395 e. The molecule has 10 heteroatoms. The zero-order valence-corrected chi connectivity index (χ0v) is 15.0. The van der Waals surface area contributed by atoms with Gasteiger partial charge < -0.3 is 13.7 Å².